The standard InChI is InChI=1S/C25H26N10O4/c1-14-19(15(2)39-30-14)21-22-20(17(38-3)13-28-21)16(12-27-22)23(36)24(37)33-8-10-34(11-9-33)25-29-31-32-35(25)18-6-4-5-7-26-18/h4-7,12-13,27,31-32H,8-11H2,1-3H3. The number of nitrogens with zero attached hydrogens (tertiary/aromatic N) is 7. The molecule has 0 saturated carbocycles. The Morgan fingerprint density at radius 3 is 2.62 bits per heavy atom. The Bertz CT molecular complexity index is 1570. The quantitative estimate of drug-likeness (QED) is 0.253. The van der Waals surface area contributed by atoms with Crippen LogP contribution in [0.3, 0.4) is 0 Å². The molecule has 0 spiro atoms. The predicted molar refractivity (Wildman–Crippen MR) is 141 cm³/mol. The lowest BCUT2D eigenvalue weighted by Gasteiger charge is -2.36. The summed E-state index contributed by atoms with van der Waals surface area (Å²) < 4.78 is 10.8. The van der Waals surface area contributed by atoms with Crippen molar-refractivity contribution in [3.8, 4) is 17.0 Å². The van der Waals surface area contributed by atoms with Crippen molar-refractivity contribution in [1.29, 1.82) is 0 Å². The molecule has 0 aromatic carbocycles. The number of pyridine rings is 2. The van der Waals surface area contributed by atoms with Crippen LogP contribution >= 0.6 is 0 Å². The number of ketones is 1. The fraction of sp³-hybridized carbons (Fsp3) is 0.280. The van der Waals surface area contributed by atoms with Crippen LogP contribution in [-0.4, -0.2) is 80.8 Å². The number of aromatic amines is 1. The number of ether oxygens (including phenoxy) is 1. The summed E-state index contributed by atoms with van der Waals surface area (Å²) in [5, 5.41) is 10.6. The molecule has 6 rings (SSSR count). The second kappa shape index (κ2) is 9.72. The van der Waals surface area contributed by atoms with E-state index < -0.39 is 11.7 Å². The Labute approximate surface area is 222 Å². The number of amides is 1. The number of anilines is 1. The first kappa shape index (κ1) is 24.4. The minimum atomic E-state index is -0.624. The second-order valence-corrected chi connectivity index (χ2v) is 9.09. The fourth-order valence-electron chi connectivity index (χ4n) is 4.91. The van der Waals surface area contributed by atoms with E-state index in [0.29, 0.717) is 71.8 Å². The van der Waals surface area contributed by atoms with E-state index in [1.807, 2.05) is 30.0 Å². The number of carbonyl (C=O) groups is 2. The summed E-state index contributed by atoms with van der Waals surface area (Å²) in [6.45, 7) is 5.30. The van der Waals surface area contributed by atoms with Gasteiger partial charge in [0.25, 0.3) is 11.7 Å². The maximum atomic E-state index is 13.5. The van der Waals surface area contributed by atoms with Crippen LogP contribution in [0.2, 0.25) is 0 Å². The van der Waals surface area contributed by atoms with Gasteiger partial charge < -0.3 is 24.0 Å². The number of rotatable bonds is 5. The molecule has 4 aromatic heterocycles. The molecule has 1 fully saturated rings. The molecule has 4 aromatic rings. The van der Waals surface area contributed by atoms with Crippen molar-refractivity contribution in [2.24, 2.45) is 5.10 Å². The smallest absolute Gasteiger partial charge is 0.295 e. The lowest BCUT2D eigenvalue weighted by molar-refractivity contribution is -0.127. The number of aryl methyl sites for hydroxylation is 2. The zero-order valence-corrected chi connectivity index (χ0v) is 21.6. The first-order valence-corrected chi connectivity index (χ1v) is 12.3. The van der Waals surface area contributed by atoms with Gasteiger partial charge in [0, 0.05) is 38.6 Å². The van der Waals surface area contributed by atoms with Gasteiger partial charge in [-0.3, -0.25) is 9.59 Å². The molecule has 0 bridgehead atoms. The monoisotopic (exact) mass is 530 g/mol. The summed E-state index contributed by atoms with van der Waals surface area (Å²) in [6, 6.07) is 5.58. The second-order valence-electron chi connectivity index (χ2n) is 9.09. The number of aromatic nitrogens is 4. The third kappa shape index (κ3) is 4.10. The molecule has 6 heterocycles. The molecule has 1 amide bonds. The van der Waals surface area contributed by atoms with Gasteiger partial charge in [0.15, 0.2) is 5.82 Å². The van der Waals surface area contributed by atoms with E-state index >= 15 is 0 Å². The Balaban J connectivity index is 1.22. The SMILES string of the molecule is COc1cnc(-c2c(C)noc2C)c2[nH]cc(C(=O)C(=O)N3CCN(C4=NNNN4c4ccccn4)CC3)c12. The number of guanidine groups is 1. The molecule has 14 heteroatoms. The van der Waals surface area contributed by atoms with Crippen molar-refractivity contribution in [1.82, 2.24) is 41.0 Å². The number of hydrazine groups is 2. The van der Waals surface area contributed by atoms with E-state index in [2.05, 4.69) is 36.3 Å². The molecular formula is C25H26N10O4. The molecule has 39 heavy (non-hydrogen) atoms. The number of piperazine rings is 1. The summed E-state index contributed by atoms with van der Waals surface area (Å²) in [5.41, 5.74) is 8.46. The van der Waals surface area contributed by atoms with E-state index in [4.69, 9.17) is 9.26 Å². The highest BCUT2D eigenvalue weighted by Crippen LogP contribution is 2.37. The van der Waals surface area contributed by atoms with E-state index in [1.165, 1.54) is 19.5 Å². The molecule has 3 N–H and O–H groups in total. The number of H-pyrrole nitrogens is 1. The minimum absolute atomic E-state index is 0.222. The van der Waals surface area contributed by atoms with Gasteiger partial charge in [-0.05, 0) is 26.0 Å². The lowest BCUT2D eigenvalue weighted by Crippen LogP contribution is -2.56. The van der Waals surface area contributed by atoms with Crippen molar-refractivity contribution >= 4 is 34.4 Å². The zero-order chi connectivity index (χ0) is 27.1. The van der Waals surface area contributed by atoms with Crippen molar-refractivity contribution < 1.29 is 18.8 Å². The molecule has 2 aliphatic heterocycles. The summed E-state index contributed by atoms with van der Waals surface area (Å²) in [6.07, 6.45) is 4.76. The maximum Gasteiger partial charge on any atom is 0.295 e. The van der Waals surface area contributed by atoms with E-state index in [1.54, 1.807) is 23.0 Å². The number of carbonyl (C=O) groups excluding carboxylic acids is 2. The predicted octanol–water partition coefficient (Wildman–Crippen LogP) is 1.37. The Hall–Kier alpha value is -4.98. The van der Waals surface area contributed by atoms with E-state index in [-0.39, 0.29) is 5.56 Å². The van der Waals surface area contributed by atoms with E-state index in [9.17, 15) is 9.59 Å². The van der Waals surface area contributed by atoms with Gasteiger partial charge in [-0.25, -0.2) is 20.5 Å². The third-order valence-electron chi connectivity index (χ3n) is 6.85. The topological polar surface area (TPSA) is 157 Å². The van der Waals surface area contributed by atoms with Gasteiger partial charge >= 0.3 is 0 Å². The highest BCUT2D eigenvalue weighted by atomic mass is 16.5. The molecule has 14 nitrogen and oxygen atoms in total. The number of Topliss-reactive ketones (excluding diaryl/α,β-unsaturated/α-hetero) is 1. The Morgan fingerprint density at radius 1 is 1.10 bits per heavy atom. The van der Waals surface area contributed by atoms with Gasteiger partial charge in [-0.15, -0.1) is 10.6 Å². The molecular weight excluding hydrogens is 504 g/mol. The Kier molecular flexibility index (Phi) is 6.07. The van der Waals surface area contributed by atoms with Crippen LogP contribution in [0.1, 0.15) is 21.8 Å². The van der Waals surface area contributed by atoms with Crippen LogP contribution < -0.4 is 20.8 Å². The van der Waals surface area contributed by atoms with Crippen molar-refractivity contribution in [3.05, 3.63) is 53.8 Å². The first-order chi connectivity index (χ1) is 19.0. The Morgan fingerprint density at radius 2 is 1.92 bits per heavy atom. The average molecular weight is 531 g/mol. The molecule has 0 unspecified atom stereocenters. The van der Waals surface area contributed by atoms with Crippen molar-refractivity contribution in [2.45, 2.75) is 13.8 Å². The molecule has 0 radical (unpaired) electrons. The van der Waals surface area contributed by atoms with Crippen molar-refractivity contribution in [2.75, 3.05) is 38.3 Å². The number of hydrogen-bond donors (Lipinski definition) is 3. The van der Waals surface area contributed by atoms with Crippen LogP contribution in [0.25, 0.3) is 22.2 Å². The van der Waals surface area contributed by atoms with Crippen LogP contribution in [0.4, 0.5) is 5.82 Å². The van der Waals surface area contributed by atoms with Gasteiger partial charge in [0.05, 0.1) is 41.0 Å². The number of methoxy groups -OCH3 is 1. The molecule has 0 aliphatic carbocycles. The largest absolute Gasteiger partial charge is 0.494 e. The average Bonchev–Trinajstić information content (AvgIpc) is 3.71. The van der Waals surface area contributed by atoms with Gasteiger partial charge in [0.2, 0.25) is 5.96 Å². The molecule has 1 saturated heterocycles. The van der Waals surface area contributed by atoms with Crippen LogP contribution in [0.15, 0.2) is 46.4 Å². The fourth-order valence-corrected chi connectivity index (χ4v) is 4.91. The third-order valence-corrected chi connectivity index (χ3v) is 6.85. The van der Waals surface area contributed by atoms with Gasteiger partial charge in [-0.2, -0.15) is 0 Å². The van der Waals surface area contributed by atoms with Gasteiger partial charge in [0.1, 0.15) is 17.2 Å². The summed E-state index contributed by atoms with van der Waals surface area (Å²) in [5.74, 6) is 1.08. The highest BCUT2D eigenvalue weighted by Gasteiger charge is 2.33. The first-order valence-electron chi connectivity index (χ1n) is 12.3. The highest BCUT2D eigenvalue weighted by molar-refractivity contribution is 6.45. The summed E-state index contributed by atoms with van der Waals surface area (Å²) in [4.78, 5) is 42.4. The number of hydrazone groups is 1. The van der Waals surface area contributed by atoms with Gasteiger partial charge in [-0.1, -0.05) is 11.2 Å². The molecule has 200 valence electrons. The summed E-state index contributed by atoms with van der Waals surface area (Å²) >= 11 is 0. The molecule has 2 aliphatic rings. The molecule has 0 atom stereocenters. The van der Waals surface area contributed by atoms with Crippen LogP contribution in [0.5, 0.6) is 5.75 Å². The number of hydrogen-bond acceptors (Lipinski definition) is 12. The lowest BCUT2D eigenvalue weighted by atomic mass is 10.0. The zero-order valence-electron chi connectivity index (χ0n) is 21.6. The van der Waals surface area contributed by atoms with Crippen LogP contribution in [0, 0.1) is 13.8 Å². The summed E-state index contributed by atoms with van der Waals surface area (Å²) in [7, 11) is 1.50. The number of nitrogens with one attached hydrogen (secondary N) is 3. The van der Waals surface area contributed by atoms with Crippen molar-refractivity contribution in [3.63, 3.8) is 0 Å². The van der Waals surface area contributed by atoms with Crippen LogP contribution in [-0.2, 0) is 4.79 Å². The van der Waals surface area contributed by atoms with E-state index in [0.717, 1.165) is 5.56 Å². The maximum absolute atomic E-state index is 13.5. The number of fused-ring (bicyclic) bond motifs is 1. The normalized spacial score (nSPS) is 15.5. The minimum Gasteiger partial charge on any atom is -0.494 e.